The zero-order valence-electron chi connectivity index (χ0n) is 7.62. The lowest BCUT2D eigenvalue weighted by Gasteiger charge is -2.25. The molecule has 1 amide bonds. The van der Waals surface area contributed by atoms with Crippen LogP contribution in [0.25, 0.3) is 0 Å². The molecule has 0 saturated carbocycles. The first-order chi connectivity index (χ1) is 6.09. The minimum absolute atomic E-state index is 0.292. The molecule has 0 bridgehead atoms. The minimum atomic E-state index is -1.06. The fraction of sp³-hybridized carbons (Fsp3) is 0.556. The smallest absolute Gasteiger partial charge is 0.312 e. The number of nitrogens with zero attached hydrogens (tertiary/aromatic N) is 1. The van der Waals surface area contributed by atoms with Crippen LogP contribution in [-0.4, -0.2) is 35.0 Å². The molecule has 1 rings (SSSR count). The van der Waals surface area contributed by atoms with Gasteiger partial charge < -0.3 is 10.0 Å². The van der Waals surface area contributed by atoms with Gasteiger partial charge in [-0.05, 0) is 13.3 Å². The molecule has 0 atom stereocenters. The minimum Gasteiger partial charge on any atom is -0.481 e. The van der Waals surface area contributed by atoms with Gasteiger partial charge in [0.25, 0.3) is 0 Å². The van der Waals surface area contributed by atoms with E-state index in [1.54, 1.807) is 4.90 Å². The fourth-order valence-corrected chi connectivity index (χ4v) is 1.37. The van der Waals surface area contributed by atoms with Crippen molar-refractivity contribution < 1.29 is 14.7 Å². The monoisotopic (exact) mass is 183 g/mol. The van der Waals surface area contributed by atoms with Gasteiger partial charge in [0.05, 0.1) is 0 Å². The zero-order chi connectivity index (χ0) is 9.84. The van der Waals surface area contributed by atoms with Crippen molar-refractivity contribution in [3.05, 3.63) is 11.6 Å². The molecular formula is C9H13NO3. The van der Waals surface area contributed by atoms with E-state index in [-0.39, 0.29) is 5.91 Å². The van der Waals surface area contributed by atoms with E-state index in [2.05, 4.69) is 6.08 Å². The van der Waals surface area contributed by atoms with Crippen LogP contribution >= 0.6 is 0 Å². The van der Waals surface area contributed by atoms with Crippen LogP contribution in [0.3, 0.4) is 0 Å². The quantitative estimate of drug-likeness (QED) is 0.505. The van der Waals surface area contributed by atoms with Crippen molar-refractivity contribution in [1.29, 1.82) is 0 Å². The molecule has 0 aliphatic carbocycles. The first kappa shape index (κ1) is 9.77. The van der Waals surface area contributed by atoms with Crippen LogP contribution < -0.4 is 0 Å². The van der Waals surface area contributed by atoms with Gasteiger partial charge in [-0.1, -0.05) is 11.6 Å². The topological polar surface area (TPSA) is 57.6 Å². The number of carbonyl (C=O) groups is 2. The largest absolute Gasteiger partial charge is 0.481 e. The molecule has 0 aromatic rings. The third kappa shape index (κ3) is 2.89. The summed E-state index contributed by atoms with van der Waals surface area (Å²) in [5.74, 6) is -1.35. The highest BCUT2D eigenvalue weighted by molar-refractivity contribution is 5.93. The molecule has 13 heavy (non-hydrogen) atoms. The lowest BCUT2D eigenvalue weighted by Crippen LogP contribution is -2.36. The van der Waals surface area contributed by atoms with E-state index in [0.29, 0.717) is 13.1 Å². The highest BCUT2D eigenvalue weighted by Gasteiger charge is 2.18. The summed E-state index contributed by atoms with van der Waals surface area (Å²) in [5, 5.41) is 8.42. The van der Waals surface area contributed by atoms with Crippen molar-refractivity contribution in [1.82, 2.24) is 4.90 Å². The summed E-state index contributed by atoms with van der Waals surface area (Å²) in [5.41, 5.74) is 1.13. The first-order valence-corrected chi connectivity index (χ1v) is 4.25. The summed E-state index contributed by atoms with van der Waals surface area (Å²) in [7, 11) is 0. The highest BCUT2D eigenvalue weighted by atomic mass is 16.4. The van der Waals surface area contributed by atoms with Crippen LogP contribution in [0.2, 0.25) is 0 Å². The van der Waals surface area contributed by atoms with Crippen LogP contribution in [-0.2, 0) is 9.59 Å². The average Bonchev–Trinajstić information content (AvgIpc) is 2.03. The molecule has 0 fully saturated rings. The van der Waals surface area contributed by atoms with Gasteiger partial charge in [0.15, 0.2) is 0 Å². The number of rotatable bonds is 2. The molecule has 1 N–H and O–H groups in total. The van der Waals surface area contributed by atoms with Crippen LogP contribution in [0.1, 0.15) is 19.8 Å². The Morgan fingerprint density at radius 2 is 2.31 bits per heavy atom. The van der Waals surface area contributed by atoms with E-state index in [1.807, 2.05) is 6.92 Å². The van der Waals surface area contributed by atoms with Crippen molar-refractivity contribution in [3.8, 4) is 0 Å². The second kappa shape index (κ2) is 4.07. The Hall–Kier alpha value is -1.32. The fourth-order valence-electron chi connectivity index (χ4n) is 1.37. The van der Waals surface area contributed by atoms with E-state index in [1.165, 1.54) is 0 Å². The molecular weight excluding hydrogens is 170 g/mol. The van der Waals surface area contributed by atoms with Crippen molar-refractivity contribution in [2.24, 2.45) is 0 Å². The molecule has 0 radical (unpaired) electrons. The molecule has 1 aliphatic rings. The van der Waals surface area contributed by atoms with E-state index in [9.17, 15) is 9.59 Å². The predicted molar refractivity (Wildman–Crippen MR) is 47.2 cm³/mol. The van der Waals surface area contributed by atoms with Gasteiger partial charge in [-0.3, -0.25) is 9.59 Å². The molecule has 0 unspecified atom stereocenters. The Labute approximate surface area is 76.8 Å². The van der Waals surface area contributed by atoms with Gasteiger partial charge in [-0.15, -0.1) is 0 Å². The Kier molecular flexibility index (Phi) is 3.06. The molecule has 4 heteroatoms. The van der Waals surface area contributed by atoms with Crippen molar-refractivity contribution in [2.45, 2.75) is 19.8 Å². The van der Waals surface area contributed by atoms with Crippen molar-refractivity contribution in [2.75, 3.05) is 13.1 Å². The van der Waals surface area contributed by atoms with Gasteiger partial charge >= 0.3 is 5.97 Å². The highest BCUT2D eigenvalue weighted by Crippen LogP contribution is 2.09. The van der Waals surface area contributed by atoms with Crippen LogP contribution in [0, 0.1) is 0 Å². The van der Waals surface area contributed by atoms with Crippen molar-refractivity contribution >= 4 is 11.9 Å². The maximum atomic E-state index is 11.3. The molecule has 72 valence electrons. The number of carbonyl (C=O) groups excluding carboxylic acids is 1. The Morgan fingerprint density at radius 1 is 1.62 bits per heavy atom. The predicted octanol–water partition coefficient (Wildman–Crippen LogP) is 0.640. The van der Waals surface area contributed by atoms with Crippen LogP contribution in [0.4, 0.5) is 0 Å². The molecule has 0 aromatic carbocycles. The molecule has 0 saturated heterocycles. The zero-order valence-corrected chi connectivity index (χ0v) is 7.62. The maximum absolute atomic E-state index is 11.3. The number of aliphatic carboxylic acids is 1. The second-order valence-corrected chi connectivity index (χ2v) is 3.22. The maximum Gasteiger partial charge on any atom is 0.312 e. The third-order valence-corrected chi connectivity index (χ3v) is 1.99. The SMILES string of the molecule is CC1=CCCN(C(=O)CC(=O)O)C1. The number of carboxylic acids is 1. The van der Waals surface area contributed by atoms with Gasteiger partial charge in [-0.25, -0.2) is 0 Å². The molecule has 1 aliphatic heterocycles. The van der Waals surface area contributed by atoms with E-state index >= 15 is 0 Å². The molecule has 4 nitrogen and oxygen atoms in total. The summed E-state index contributed by atoms with van der Waals surface area (Å²) < 4.78 is 0. The van der Waals surface area contributed by atoms with Gasteiger partial charge in [0, 0.05) is 13.1 Å². The number of carboxylic acid groups (broad SMARTS) is 1. The average molecular weight is 183 g/mol. The Balaban J connectivity index is 2.49. The second-order valence-electron chi connectivity index (χ2n) is 3.22. The summed E-state index contributed by atoms with van der Waals surface area (Å²) in [6.45, 7) is 3.16. The molecule has 0 aromatic heterocycles. The standard InChI is InChI=1S/C9H13NO3/c1-7-3-2-4-10(6-7)8(11)5-9(12)13/h3H,2,4-6H2,1H3,(H,12,13). The van der Waals surface area contributed by atoms with E-state index in [0.717, 1.165) is 12.0 Å². The number of hydrogen-bond donors (Lipinski definition) is 1. The van der Waals surface area contributed by atoms with Crippen molar-refractivity contribution in [3.63, 3.8) is 0 Å². The first-order valence-electron chi connectivity index (χ1n) is 4.25. The Morgan fingerprint density at radius 3 is 2.85 bits per heavy atom. The lowest BCUT2D eigenvalue weighted by atomic mass is 10.1. The number of hydrogen-bond acceptors (Lipinski definition) is 2. The lowest BCUT2D eigenvalue weighted by molar-refractivity contribution is -0.144. The Bertz CT molecular complexity index is 258. The summed E-state index contributed by atoms with van der Waals surface area (Å²) in [6, 6.07) is 0. The van der Waals surface area contributed by atoms with E-state index < -0.39 is 12.4 Å². The summed E-state index contributed by atoms with van der Waals surface area (Å²) >= 11 is 0. The van der Waals surface area contributed by atoms with Crippen LogP contribution in [0.15, 0.2) is 11.6 Å². The summed E-state index contributed by atoms with van der Waals surface area (Å²) in [4.78, 5) is 23.1. The van der Waals surface area contributed by atoms with Gasteiger partial charge in [0.2, 0.25) is 5.91 Å². The number of amides is 1. The van der Waals surface area contributed by atoms with Gasteiger partial charge in [0.1, 0.15) is 6.42 Å². The normalized spacial score (nSPS) is 16.7. The van der Waals surface area contributed by atoms with Gasteiger partial charge in [-0.2, -0.15) is 0 Å². The van der Waals surface area contributed by atoms with Crippen LogP contribution in [0.5, 0.6) is 0 Å². The summed E-state index contributed by atoms with van der Waals surface area (Å²) in [6.07, 6.45) is 2.51. The third-order valence-electron chi connectivity index (χ3n) is 1.99. The molecule has 0 spiro atoms. The van der Waals surface area contributed by atoms with E-state index in [4.69, 9.17) is 5.11 Å². The molecule has 1 heterocycles.